The van der Waals surface area contributed by atoms with E-state index in [0.717, 1.165) is 16.9 Å². The molecule has 0 atom stereocenters. The van der Waals surface area contributed by atoms with Gasteiger partial charge in [0.2, 0.25) is 10.0 Å². The zero-order chi connectivity index (χ0) is 22.9. The average molecular weight is 458 g/mol. The van der Waals surface area contributed by atoms with Crippen molar-refractivity contribution in [2.45, 2.75) is 6.54 Å². The molecule has 0 unspecified atom stereocenters. The first kappa shape index (κ1) is 22.3. The van der Waals surface area contributed by atoms with Crippen molar-refractivity contribution >= 4 is 32.7 Å². The Hall–Kier alpha value is -2.95. The van der Waals surface area contributed by atoms with Gasteiger partial charge in [0.1, 0.15) is 11.6 Å². The molecule has 1 amide bonds. The van der Waals surface area contributed by atoms with E-state index in [1.165, 1.54) is 17.7 Å². The molecule has 0 spiro atoms. The molecule has 1 fully saturated rings. The lowest BCUT2D eigenvalue weighted by molar-refractivity contribution is 0.102. The van der Waals surface area contributed by atoms with Crippen LogP contribution in [0.25, 0.3) is 11.0 Å². The highest BCUT2D eigenvalue weighted by Gasteiger charge is 2.24. The second kappa shape index (κ2) is 8.89. The summed E-state index contributed by atoms with van der Waals surface area (Å²) in [7, 11) is 0.352. The van der Waals surface area contributed by atoms with Gasteiger partial charge in [-0.05, 0) is 30.3 Å². The summed E-state index contributed by atoms with van der Waals surface area (Å²) in [6.45, 7) is 2.93. The van der Waals surface area contributed by atoms with E-state index < -0.39 is 10.0 Å². The monoisotopic (exact) mass is 457 g/mol. The maximum absolute atomic E-state index is 12.7. The molecule has 1 N–H and O–H groups in total. The first-order chi connectivity index (χ1) is 15.3. The van der Waals surface area contributed by atoms with Crippen LogP contribution in [0.4, 0.5) is 5.69 Å². The first-order valence-corrected chi connectivity index (χ1v) is 12.2. The van der Waals surface area contributed by atoms with Gasteiger partial charge in [-0.2, -0.15) is 4.31 Å². The minimum absolute atomic E-state index is 0.248. The Balaban J connectivity index is 1.48. The molecule has 170 valence electrons. The van der Waals surface area contributed by atoms with Crippen molar-refractivity contribution < 1.29 is 17.9 Å². The number of piperazine rings is 1. The van der Waals surface area contributed by atoms with Gasteiger partial charge in [0.15, 0.2) is 0 Å². The predicted octanol–water partition coefficient (Wildman–Crippen LogP) is 1.91. The van der Waals surface area contributed by atoms with Gasteiger partial charge in [0.25, 0.3) is 5.91 Å². The van der Waals surface area contributed by atoms with E-state index in [1.54, 1.807) is 18.2 Å². The molecular weight excluding hydrogens is 430 g/mol. The number of nitrogens with one attached hydrogen (secondary N) is 1. The highest BCUT2D eigenvalue weighted by molar-refractivity contribution is 7.88. The van der Waals surface area contributed by atoms with E-state index in [9.17, 15) is 13.2 Å². The fraction of sp³-hybridized carbons (Fsp3) is 0.364. The molecule has 1 saturated heterocycles. The molecule has 4 rings (SSSR count). The molecule has 2 heterocycles. The van der Waals surface area contributed by atoms with E-state index in [1.807, 2.05) is 35.9 Å². The number of aryl methyl sites for hydroxylation is 1. The predicted molar refractivity (Wildman–Crippen MR) is 123 cm³/mol. The second-order valence-electron chi connectivity index (χ2n) is 7.88. The summed E-state index contributed by atoms with van der Waals surface area (Å²) in [5.41, 5.74) is 2.87. The maximum Gasteiger partial charge on any atom is 0.259 e. The molecule has 1 aliphatic rings. The number of hydrogen-bond acceptors (Lipinski definition) is 6. The van der Waals surface area contributed by atoms with Crippen LogP contribution in [0.15, 0.2) is 42.5 Å². The molecule has 0 bridgehead atoms. The number of para-hydroxylation sites is 1. The highest BCUT2D eigenvalue weighted by atomic mass is 32.2. The highest BCUT2D eigenvalue weighted by Crippen LogP contribution is 2.23. The van der Waals surface area contributed by atoms with Gasteiger partial charge in [0, 0.05) is 38.9 Å². The summed E-state index contributed by atoms with van der Waals surface area (Å²) in [4.78, 5) is 19.7. The molecule has 0 aliphatic carbocycles. The van der Waals surface area contributed by atoms with E-state index >= 15 is 0 Å². The van der Waals surface area contributed by atoms with Crippen LogP contribution in [0.5, 0.6) is 5.75 Å². The number of ether oxygens (including phenoxy) is 1. The summed E-state index contributed by atoms with van der Waals surface area (Å²) in [5, 5.41) is 2.91. The van der Waals surface area contributed by atoms with Crippen molar-refractivity contribution in [1.82, 2.24) is 18.8 Å². The van der Waals surface area contributed by atoms with Crippen LogP contribution < -0.4 is 10.1 Å². The van der Waals surface area contributed by atoms with Crippen molar-refractivity contribution in [3.8, 4) is 5.75 Å². The van der Waals surface area contributed by atoms with Crippen molar-refractivity contribution in [2.75, 3.05) is 44.9 Å². The van der Waals surface area contributed by atoms with Crippen molar-refractivity contribution in [2.24, 2.45) is 7.05 Å². The van der Waals surface area contributed by atoms with Crippen molar-refractivity contribution in [3.63, 3.8) is 0 Å². The molecule has 32 heavy (non-hydrogen) atoms. The Morgan fingerprint density at radius 1 is 1.12 bits per heavy atom. The lowest BCUT2D eigenvalue weighted by atomic mass is 10.2. The van der Waals surface area contributed by atoms with E-state index in [4.69, 9.17) is 9.72 Å². The minimum atomic E-state index is -3.15. The van der Waals surface area contributed by atoms with E-state index in [0.29, 0.717) is 49.7 Å². The quantitative estimate of drug-likeness (QED) is 0.607. The zero-order valence-corrected chi connectivity index (χ0v) is 19.2. The molecule has 0 saturated carbocycles. The number of hydrogen-bond donors (Lipinski definition) is 1. The number of benzene rings is 2. The second-order valence-corrected chi connectivity index (χ2v) is 9.87. The molecule has 1 aromatic heterocycles. The number of carbonyl (C=O) groups is 1. The van der Waals surface area contributed by atoms with Crippen LogP contribution in [0.1, 0.15) is 16.2 Å². The number of aromatic nitrogens is 2. The summed E-state index contributed by atoms with van der Waals surface area (Å²) >= 11 is 0. The Kier molecular flexibility index (Phi) is 6.18. The Morgan fingerprint density at radius 3 is 2.53 bits per heavy atom. The fourth-order valence-electron chi connectivity index (χ4n) is 3.92. The standard InChI is InChI=1S/C22H27N5O4S/c1-25-19-9-8-16(23-22(28)17-6-4-5-7-20(17)31-2)14-18(19)24-21(25)15-26-10-12-27(13-11-26)32(3,29)30/h4-9,14H,10-13,15H2,1-3H3,(H,23,28). The zero-order valence-electron chi connectivity index (χ0n) is 18.4. The number of methoxy groups -OCH3 is 1. The number of fused-ring (bicyclic) bond motifs is 1. The number of rotatable bonds is 6. The Bertz CT molecular complexity index is 1250. The first-order valence-electron chi connectivity index (χ1n) is 10.3. The van der Waals surface area contributed by atoms with E-state index in [-0.39, 0.29) is 5.91 Å². The Labute approximate surface area is 187 Å². The summed E-state index contributed by atoms with van der Waals surface area (Å²) in [6, 6.07) is 12.7. The molecule has 3 aromatic rings. The number of nitrogens with zero attached hydrogens (tertiary/aromatic N) is 4. The van der Waals surface area contributed by atoms with Gasteiger partial charge in [-0.25, -0.2) is 13.4 Å². The van der Waals surface area contributed by atoms with Gasteiger partial charge in [-0.3, -0.25) is 9.69 Å². The van der Waals surface area contributed by atoms with Crippen LogP contribution in [-0.2, 0) is 23.6 Å². The van der Waals surface area contributed by atoms with Gasteiger partial charge < -0.3 is 14.6 Å². The smallest absolute Gasteiger partial charge is 0.259 e. The van der Waals surface area contributed by atoms with Crippen molar-refractivity contribution in [3.05, 3.63) is 53.9 Å². The van der Waals surface area contributed by atoms with Gasteiger partial charge in [0.05, 0.1) is 36.5 Å². The van der Waals surface area contributed by atoms with Crippen LogP contribution >= 0.6 is 0 Å². The summed E-state index contributed by atoms with van der Waals surface area (Å²) in [6.07, 6.45) is 1.25. The molecular formula is C22H27N5O4S. The SMILES string of the molecule is COc1ccccc1C(=O)Nc1ccc2c(c1)nc(CN1CCN(S(C)(=O)=O)CC1)n2C. The average Bonchev–Trinajstić information content (AvgIpc) is 3.08. The topological polar surface area (TPSA) is 96.8 Å². The molecule has 1 aliphatic heterocycles. The van der Waals surface area contributed by atoms with Crippen LogP contribution in [0.3, 0.4) is 0 Å². The third-order valence-electron chi connectivity index (χ3n) is 5.75. The number of amides is 1. The number of carbonyl (C=O) groups excluding carboxylic acids is 1. The lowest BCUT2D eigenvalue weighted by Gasteiger charge is -2.32. The van der Waals surface area contributed by atoms with Crippen molar-refractivity contribution in [1.29, 1.82) is 0 Å². The Morgan fingerprint density at radius 2 is 1.84 bits per heavy atom. The van der Waals surface area contributed by atoms with Crippen LogP contribution in [-0.4, -0.2) is 72.6 Å². The largest absolute Gasteiger partial charge is 0.496 e. The maximum atomic E-state index is 12.7. The molecule has 2 aromatic carbocycles. The minimum Gasteiger partial charge on any atom is -0.496 e. The lowest BCUT2D eigenvalue weighted by Crippen LogP contribution is -2.48. The number of imidazole rings is 1. The molecule has 0 radical (unpaired) electrons. The van der Waals surface area contributed by atoms with Gasteiger partial charge >= 0.3 is 0 Å². The third kappa shape index (κ3) is 4.62. The van der Waals surface area contributed by atoms with E-state index in [2.05, 4.69) is 10.2 Å². The summed E-state index contributed by atoms with van der Waals surface area (Å²) in [5.74, 6) is 1.16. The fourth-order valence-corrected chi connectivity index (χ4v) is 4.75. The van der Waals surface area contributed by atoms with Crippen LogP contribution in [0.2, 0.25) is 0 Å². The number of sulfonamides is 1. The third-order valence-corrected chi connectivity index (χ3v) is 7.05. The van der Waals surface area contributed by atoms with Gasteiger partial charge in [-0.15, -0.1) is 0 Å². The van der Waals surface area contributed by atoms with Crippen LogP contribution in [0, 0.1) is 0 Å². The molecule has 9 nitrogen and oxygen atoms in total. The van der Waals surface area contributed by atoms with Gasteiger partial charge in [-0.1, -0.05) is 12.1 Å². The number of anilines is 1. The molecule has 10 heteroatoms. The normalized spacial score (nSPS) is 15.7. The summed E-state index contributed by atoms with van der Waals surface area (Å²) < 4.78 is 32.2.